The Labute approximate surface area is 162 Å². The van der Waals surface area contributed by atoms with Crippen molar-refractivity contribution in [2.75, 3.05) is 19.7 Å². The van der Waals surface area contributed by atoms with Crippen molar-refractivity contribution in [3.8, 4) is 6.07 Å². The number of halogens is 2. The van der Waals surface area contributed by atoms with E-state index in [2.05, 4.69) is 0 Å². The molecular weight excluding hydrogens is 371 g/mol. The maximum Gasteiger partial charge on any atom is 0.227 e. The SMILES string of the molecule is CC1(C)CC2(C=C(C#N)C1=O)CN(C(=O)Cc1cc(F)cc(Cl)c1)CCO2. The fourth-order valence-electron chi connectivity index (χ4n) is 3.87. The fraction of sp³-hybridized carbons (Fsp3) is 0.450. The van der Waals surface area contributed by atoms with E-state index in [1.54, 1.807) is 30.9 Å². The Morgan fingerprint density at radius 1 is 1.41 bits per heavy atom. The molecule has 1 atom stereocenters. The number of allylic oxidation sites excluding steroid dienone is 1. The highest BCUT2D eigenvalue weighted by molar-refractivity contribution is 6.30. The van der Waals surface area contributed by atoms with Crippen molar-refractivity contribution in [3.05, 3.63) is 46.3 Å². The molecule has 1 amide bonds. The molecule has 1 unspecified atom stereocenters. The lowest BCUT2D eigenvalue weighted by Crippen LogP contribution is -2.57. The molecule has 0 saturated carbocycles. The van der Waals surface area contributed by atoms with Gasteiger partial charge in [0.2, 0.25) is 5.91 Å². The van der Waals surface area contributed by atoms with Crippen LogP contribution in [-0.4, -0.2) is 41.9 Å². The van der Waals surface area contributed by atoms with Crippen LogP contribution in [0.4, 0.5) is 4.39 Å². The van der Waals surface area contributed by atoms with E-state index in [4.69, 9.17) is 16.3 Å². The molecule has 1 aromatic carbocycles. The van der Waals surface area contributed by atoms with Crippen molar-refractivity contribution in [2.45, 2.75) is 32.3 Å². The maximum atomic E-state index is 13.5. The molecule has 7 heteroatoms. The average molecular weight is 391 g/mol. The molecule has 0 N–H and O–H groups in total. The Kier molecular flexibility index (Phi) is 5.11. The van der Waals surface area contributed by atoms with Gasteiger partial charge in [0.15, 0.2) is 5.78 Å². The summed E-state index contributed by atoms with van der Waals surface area (Å²) in [6.07, 6.45) is 1.96. The highest BCUT2D eigenvalue weighted by atomic mass is 35.5. The van der Waals surface area contributed by atoms with Gasteiger partial charge in [0.25, 0.3) is 0 Å². The first kappa shape index (κ1) is 19.5. The van der Waals surface area contributed by atoms with Crippen molar-refractivity contribution < 1.29 is 18.7 Å². The van der Waals surface area contributed by atoms with Crippen LogP contribution in [0.15, 0.2) is 29.8 Å². The number of morpholine rings is 1. The van der Waals surface area contributed by atoms with Crippen LogP contribution >= 0.6 is 11.6 Å². The second-order valence-electron chi connectivity index (χ2n) is 7.74. The Morgan fingerprint density at radius 3 is 2.81 bits per heavy atom. The summed E-state index contributed by atoms with van der Waals surface area (Å²) in [7, 11) is 0. The molecule has 0 bridgehead atoms. The van der Waals surface area contributed by atoms with Crippen LogP contribution in [-0.2, 0) is 20.7 Å². The largest absolute Gasteiger partial charge is 0.367 e. The summed E-state index contributed by atoms with van der Waals surface area (Å²) in [6.45, 7) is 4.50. The molecule has 1 heterocycles. The number of rotatable bonds is 2. The summed E-state index contributed by atoms with van der Waals surface area (Å²) >= 11 is 5.86. The highest BCUT2D eigenvalue weighted by Crippen LogP contribution is 2.41. The number of ketones is 1. The first-order valence-electron chi connectivity index (χ1n) is 8.69. The second kappa shape index (κ2) is 7.06. The molecular formula is C20H20ClFN2O3. The lowest BCUT2D eigenvalue weighted by molar-refractivity contribution is -0.150. The molecule has 27 heavy (non-hydrogen) atoms. The van der Waals surface area contributed by atoms with E-state index >= 15 is 0 Å². The van der Waals surface area contributed by atoms with Crippen LogP contribution in [0.5, 0.6) is 0 Å². The van der Waals surface area contributed by atoms with Crippen LogP contribution in [0, 0.1) is 22.6 Å². The van der Waals surface area contributed by atoms with E-state index in [1.807, 2.05) is 6.07 Å². The van der Waals surface area contributed by atoms with Crippen molar-refractivity contribution in [1.29, 1.82) is 5.26 Å². The summed E-state index contributed by atoms with van der Waals surface area (Å²) in [4.78, 5) is 26.7. The lowest BCUT2D eigenvalue weighted by Gasteiger charge is -2.46. The minimum absolute atomic E-state index is 0.0186. The summed E-state index contributed by atoms with van der Waals surface area (Å²) < 4.78 is 19.4. The van der Waals surface area contributed by atoms with E-state index in [0.29, 0.717) is 25.1 Å². The van der Waals surface area contributed by atoms with Crippen LogP contribution in [0.1, 0.15) is 25.8 Å². The lowest BCUT2D eigenvalue weighted by atomic mass is 9.69. The Balaban J connectivity index is 1.81. The summed E-state index contributed by atoms with van der Waals surface area (Å²) in [6, 6.07) is 5.99. The zero-order valence-corrected chi connectivity index (χ0v) is 16.0. The molecule has 1 spiro atoms. The number of Topliss-reactive ketones (excluding diaryl/α,β-unsaturated/α-hetero) is 1. The zero-order chi connectivity index (χ0) is 19.8. The molecule has 1 aromatic rings. The molecule has 1 saturated heterocycles. The van der Waals surface area contributed by atoms with E-state index in [0.717, 1.165) is 0 Å². The monoisotopic (exact) mass is 390 g/mol. The normalized spacial score (nSPS) is 24.5. The van der Waals surface area contributed by atoms with Gasteiger partial charge in [0.1, 0.15) is 17.5 Å². The molecule has 0 radical (unpaired) electrons. The first-order chi connectivity index (χ1) is 12.6. The number of ether oxygens (including phenoxy) is 1. The van der Waals surface area contributed by atoms with Gasteiger partial charge in [-0.15, -0.1) is 0 Å². The number of nitriles is 1. The van der Waals surface area contributed by atoms with Crippen LogP contribution in [0.3, 0.4) is 0 Å². The third-order valence-electron chi connectivity index (χ3n) is 4.97. The number of nitrogens with zero attached hydrogens (tertiary/aromatic N) is 2. The Bertz CT molecular complexity index is 854. The molecule has 0 aromatic heterocycles. The number of carbonyl (C=O) groups is 2. The average Bonchev–Trinajstić information content (AvgIpc) is 2.57. The molecule has 2 aliphatic rings. The third-order valence-corrected chi connectivity index (χ3v) is 5.19. The number of hydrogen-bond donors (Lipinski definition) is 0. The van der Waals surface area contributed by atoms with Gasteiger partial charge in [0.05, 0.1) is 25.1 Å². The quantitative estimate of drug-likeness (QED) is 0.778. The minimum atomic E-state index is -0.865. The van der Waals surface area contributed by atoms with Crippen molar-refractivity contribution in [3.63, 3.8) is 0 Å². The minimum Gasteiger partial charge on any atom is -0.367 e. The zero-order valence-electron chi connectivity index (χ0n) is 15.2. The number of hydrogen-bond acceptors (Lipinski definition) is 4. The molecule has 3 rings (SSSR count). The number of carbonyl (C=O) groups excluding carboxylic acids is 2. The van der Waals surface area contributed by atoms with Gasteiger partial charge in [-0.1, -0.05) is 25.4 Å². The molecule has 1 fully saturated rings. The fourth-order valence-corrected chi connectivity index (χ4v) is 4.11. The predicted molar refractivity (Wildman–Crippen MR) is 97.5 cm³/mol. The van der Waals surface area contributed by atoms with Crippen molar-refractivity contribution in [2.24, 2.45) is 5.41 Å². The summed E-state index contributed by atoms with van der Waals surface area (Å²) in [5.74, 6) is -0.879. The van der Waals surface area contributed by atoms with E-state index in [-0.39, 0.29) is 35.3 Å². The highest BCUT2D eigenvalue weighted by Gasteiger charge is 2.48. The Hall–Kier alpha value is -2.23. The molecule has 142 valence electrons. The van der Waals surface area contributed by atoms with Crippen molar-refractivity contribution >= 4 is 23.3 Å². The van der Waals surface area contributed by atoms with Gasteiger partial charge in [-0.25, -0.2) is 4.39 Å². The smallest absolute Gasteiger partial charge is 0.227 e. The van der Waals surface area contributed by atoms with Gasteiger partial charge in [-0.05, 0) is 36.3 Å². The first-order valence-corrected chi connectivity index (χ1v) is 9.06. The van der Waals surface area contributed by atoms with Gasteiger partial charge in [-0.2, -0.15) is 5.26 Å². The summed E-state index contributed by atoms with van der Waals surface area (Å²) in [5, 5.41) is 9.55. The van der Waals surface area contributed by atoms with E-state index in [9.17, 15) is 19.2 Å². The van der Waals surface area contributed by atoms with Gasteiger partial charge in [-0.3, -0.25) is 9.59 Å². The van der Waals surface area contributed by atoms with Crippen molar-refractivity contribution in [1.82, 2.24) is 4.90 Å². The molecule has 5 nitrogen and oxygen atoms in total. The number of benzene rings is 1. The number of amides is 1. The second-order valence-corrected chi connectivity index (χ2v) is 8.18. The van der Waals surface area contributed by atoms with Gasteiger partial charge >= 0.3 is 0 Å². The van der Waals surface area contributed by atoms with E-state index in [1.165, 1.54) is 12.1 Å². The maximum absolute atomic E-state index is 13.5. The van der Waals surface area contributed by atoms with Crippen LogP contribution < -0.4 is 0 Å². The van der Waals surface area contributed by atoms with E-state index < -0.39 is 16.8 Å². The topological polar surface area (TPSA) is 70.4 Å². The van der Waals surface area contributed by atoms with Gasteiger partial charge < -0.3 is 9.64 Å². The standard InChI is InChI=1S/C20H20ClFN2O3/c1-19(2)11-20(9-14(10-23)18(19)26)12-24(3-4-27-20)17(25)7-13-5-15(21)8-16(22)6-13/h5-6,8-9H,3-4,7,11-12H2,1-2H3. The molecule has 1 aliphatic heterocycles. The van der Waals surface area contributed by atoms with Crippen LogP contribution in [0.25, 0.3) is 0 Å². The predicted octanol–water partition coefficient (Wildman–Crippen LogP) is 3.07. The third kappa shape index (κ3) is 4.05. The molecule has 1 aliphatic carbocycles. The Morgan fingerprint density at radius 2 is 2.15 bits per heavy atom. The summed E-state index contributed by atoms with van der Waals surface area (Å²) in [5.41, 5.74) is -1.05. The van der Waals surface area contributed by atoms with Crippen LogP contribution in [0.2, 0.25) is 5.02 Å². The van der Waals surface area contributed by atoms with Gasteiger partial charge in [0, 0.05) is 17.0 Å².